The Morgan fingerprint density at radius 3 is 2.62 bits per heavy atom. The van der Waals surface area contributed by atoms with Crippen molar-refractivity contribution in [2.75, 3.05) is 13.7 Å². The molecule has 0 aliphatic carbocycles. The first-order chi connectivity index (χ1) is 7.65. The molecular weight excluding hydrogens is 204 g/mol. The second-order valence-electron chi connectivity index (χ2n) is 4.45. The Hall–Kier alpha value is -0.610. The molecule has 1 amide bonds. The topological polar surface area (TPSA) is 41.6 Å². The van der Waals surface area contributed by atoms with Gasteiger partial charge >= 0.3 is 0 Å². The fraction of sp³-hybridized carbons (Fsp3) is 0.917. The Morgan fingerprint density at radius 1 is 1.50 bits per heavy atom. The molecule has 0 spiro atoms. The minimum absolute atomic E-state index is 0.00814. The highest BCUT2D eigenvalue weighted by molar-refractivity contribution is 5.84. The lowest BCUT2D eigenvalue weighted by Gasteiger charge is -2.30. The molecule has 16 heavy (non-hydrogen) atoms. The van der Waals surface area contributed by atoms with Gasteiger partial charge in [0, 0.05) is 7.11 Å². The van der Waals surface area contributed by atoms with Crippen molar-refractivity contribution in [2.24, 2.45) is 0 Å². The van der Waals surface area contributed by atoms with Gasteiger partial charge in [-0.3, -0.25) is 10.1 Å². The summed E-state index contributed by atoms with van der Waals surface area (Å²) in [4.78, 5) is 14.1. The molecule has 94 valence electrons. The molecular formula is C12H24N2O2. The van der Waals surface area contributed by atoms with Crippen LogP contribution < -0.4 is 5.32 Å². The number of nitrogens with zero attached hydrogens (tertiary/aromatic N) is 1. The summed E-state index contributed by atoms with van der Waals surface area (Å²) >= 11 is 0. The van der Waals surface area contributed by atoms with Crippen molar-refractivity contribution in [2.45, 2.75) is 58.3 Å². The molecule has 1 N–H and O–H groups in total. The third-order valence-corrected chi connectivity index (χ3v) is 3.19. The maximum atomic E-state index is 12.1. The number of rotatable bonds is 6. The lowest BCUT2D eigenvalue weighted by Crippen LogP contribution is -2.45. The van der Waals surface area contributed by atoms with Crippen LogP contribution in [0.5, 0.6) is 0 Å². The Balaban J connectivity index is 2.71. The molecule has 4 heteroatoms. The van der Waals surface area contributed by atoms with Gasteiger partial charge in [-0.25, -0.2) is 0 Å². The van der Waals surface area contributed by atoms with Crippen molar-refractivity contribution >= 4 is 5.91 Å². The van der Waals surface area contributed by atoms with E-state index in [1.165, 1.54) is 0 Å². The SMILES string of the molecule is CCCC(COC)N1C(=O)C(CC)NC1C. The van der Waals surface area contributed by atoms with E-state index in [2.05, 4.69) is 12.2 Å². The molecule has 0 saturated carbocycles. The maximum absolute atomic E-state index is 12.1. The van der Waals surface area contributed by atoms with Crippen molar-refractivity contribution in [1.29, 1.82) is 0 Å². The summed E-state index contributed by atoms with van der Waals surface area (Å²) in [5.74, 6) is 0.227. The molecule has 0 radical (unpaired) electrons. The van der Waals surface area contributed by atoms with Gasteiger partial charge in [0.1, 0.15) is 0 Å². The summed E-state index contributed by atoms with van der Waals surface area (Å²) in [5, 5.41) is 3.32. The fourth-order valence-corrected chi connectivity index (χ4v) is 2.43. The zero-order valence-corrected chi connectivity index (χ0v) is 10.8. The van der Waals surface area contributed by atoms with Crippen LogP contribution in [0, 0.1) is 0 Å². The Morgan fingerprint density at radius 2 is 2.19 bits per heavy atom. The van der Waals surface area contributed by atoms with Crippen molar-refractivity contribution in [3.63, 3.8) is 0 Å². The van der Waals surface area contributed by atoms with Gasteiger partial charge < -0.3 is 9.64 Å². The number of amides is 1. The van der Waals surface area contributed by atoms with Gasteiger partial charge in [0.25, 0.3) is 0 Å². The second-order valence-corrected chi connectivity index (χ2v) is 4.45. The van der Waals surface area contributed by atoms with Gasteiger partial charge in [0.2, 0.25) is 5.91 Å². The standard InChI is InChI=1S/C12H24N2O2/c1-5-7-10(8-16-4)14-9(3)13-11(6-2)12(14)15/h9-11,13H,5-8H2,1-4H3. The maximum Gasteiger partial charge on any atom is 0.241 e. The van der Waals surface area contributed by atoms with E-state index in [0.717, 1.165) is 19.3 Å². The summed E-state index contributed by atoms with van der Waals surface area (Å²) in [6.45, 7) is 6.85. The van der Waals surface area contributed by atoms with Crippen molar-refractivity contribution in [3.8, 4) is 0 Å². The minimum atomic E-state index is -0.00814. The number of hydrogen-bond acceptors (Lipinski definition) is 3. The van der Waals surface area contributed by atoms with E-state index in [1.807, 2.05) is 18.7 Å². The van der Waals surface area contributed by atoms with Gasteiger partial charge in [-0.2, -0.15) is 0 Å². The summed E-state index contributed by atoms with van der Waals surface area (Å²) < 4.78 is 5.21. The van der Waals surface area contributed by atoms with E-state index in [0.29, 0.717) is 6.61 Å². The summed E-state index contributed by atoms with van der Waals surface area (Å²) in [7, 11) is 1.69. The average Bonchev–Trinajstić information content (AvgIpc) is 2.54. The van der Waals surface area contributed by atoms with Crippen LogP contribution in [-0.2, 0) is 9.53 Å². The number of ether oxygens (including phenoxy) is 1. The molecule has 1 rings (SSSR count). The first-order valence-electron chi connectivity index (χ1n) is 6.22. The number of methoxy groups -OCH3 is 1. The monoisotopic (exact) mass is 228 g/mol. The number of nitrogens with one attached hydrogen (secondary N) is 1. The zero-order chi connectivity index (χ0) is 12.1. The minimum Gasteiger partial charge on any atom is -0.383 e. The molecule has 4 nitrogen and oxygen atoms in total. The Bertz CT molecular complexity index is 227. The third-order valence-electron chi connectivity index (χ3n) is 3.19. The molecule has 1 saturated heterocycles. The fourth-order valence-electron chi connectivity index (χ4n) is 2.43. The van der Waals surface area contributed by atoms with E-state index < -0.39 is 0 Å². The molecule has 1 aliphatic heterocycles. The molecule has 0 aromatic carbocycles. The van der Waals surface area contributed by atoms with Crippen LogP contribution in [0.25, 0.3) is 0 Å². The highest BCUT2D eigenvalue weighted by Gasteiger charge is 2.38. The van der Waals surface area contributed by atoms with E-state index in [4.69, 9.17) is 4.74 Å². The van der Waals surface area contributed by atoms with E-state index in [9.17, 15) is 4.79 Å². The lowest BCUT2D eigenvalue weighted by molar-refractivity contribution is -0.133. The zero-order valence-electron chi connectivity index (χ0n) is 10.8. The van der Waals surface area contributed by atoms with E-state index in [-0.39, 0.29) is 24.2 Å². The van der Waals surface area contributed by atoms with Crippen molar-refractivity contribution < 1.29 is 9.53 Å². The van der Waals surface area contributed by atoms with Crippen LogP contribution >= 0.6 is 0 Å². The third kappa shape index (κ3) is 2.74. The van der Waals surface area contributed by atoms with Crippen LogP contribution in [0.3, 0.4) is 0 Å². The Kier molecular flexibility index (Phi) is 5.22. The van der Waals surface area contributed by atoms with Gasteiger partial charge in [-0.15, -0.1) is 0 Å². The summed E-state index contributed by atoms with van der Waals surface area (Å²) in [6.07, 6.45) is 3.05. The highest BCUT2D eigenvalue weighted by atomic mass is 16.5. The first kappa shape index (κ1) is 13.5. The average molecular weight is 228 g/mol. The quantitative estimate of drug-likeness (QED) is 0.746. The van der Waals surface area contributed by atoms with Gasteiger partial charge in [0.05, 0.1) is 24.9 Å². The molecule has 0 bridgehead atoms. The summed E-state index contributed by atoms with van der Waals surface area (Å²) in [6, 6.07) is 0.202. The van der Waals surface area contributed by atoms with Crippen molar-refractivity contribution in [3.05, 3.63) is 0 Å². The lowest BCUT2D eigenvalue weighted by atomic mass is 10.1. The molecule has 0 aromatic rings. The predicted molar refractivity (Wildman–Crippen MR) is 64.1 cm³/mol. The first-order valence-corrected chi connectivity index (χ1v) is 6.22. The molecule has 0 aromatic heterocycles. The van der Waals surface area contributed by atoms with Crippen LogP contribution in [0.1, 0.15) is 40.0 Å². The van der Waals surface area contributed by atoms with Crippen molar-refractivity contribution in [1.82, 2.24) is 10.2 Å². The predicted octanol–water partition coefficient (Wildman–Crippen LogP) is 1.36. The number of carbonyl (C=O) groups excluding carboxylic acids is 1. The number of carbonyl (C=O) groups is 1. The summed E-state index contributed by atoms with van der Waals surface area (Å²) in [5.41, 5.74) is 0. The smallest absolute Gasteiger partial charge is 0.241 e. The van der Waals surface area contributed by atoms with E-state index >= 15 is 0 Å². The van der Waals surface area contributed by atoms with E-state index in [1.54, 1.807) is 7.11 Å². The molecule has 1 aliphatic rings. The molecule has 1 fully saturated rings. The van der Waals surface area contributed by atoms with Crippen LogP contribution in [0.2, 0.25) is 0 Å². The Labute approximate surface area is 98.3 Å². The van der Waals surface area contributed by atoms with Crippen LogP contribution in [0.4, 0.5) is 0 Å². The van der Waals surface area contributed by atoms with Gasteiger partial charge in [0.15, 0.2) is 0 Å². The molecule has 1 heterocycles. The van der Waals surface area contributed by atoms with Crippen LogP contribution in [0.15, 0.2) is 0 Å². The normalized spacial score (nSPS) is 27.5. The van der Waals surface area contributed by atoms with Crippen LogP contribution in [-0.4, -0.2) is 42.8 Å². The largest absolute Gasteiger partial charge is 0.383 e. The highest BCUT2D eigenvalue weighted by Crippen LogP contribution is 2.19. The van der Waals surface area contributed by atoms with Gasteiger partial charge in [-0.05, 0) is 19.8 Å². The molecule has 3 unspecified atom stereocenters. The molecule has 3 atom stereocenters. The second kappa shape index (κ2) is 6.21. The van der Waals surface area contributed by atoms with Gasteiger partial charge in [-0.1, -0.05) is 20.3 Å². The number of hydrogen-bond donors (Lipinski definition) is 1.